The quantitative estimate of drug-likeness (QED) is 0.271. The van der Waals surface area contributed by atoms with E-state index in [1.54, 1.807) is 33.1 Å². The Kier molecular flexibility index (Phi) is 7.36. The number of hydrogen-bond acceptors (Lipinski definition) is 6. The minimum Gasteiger partial charge on any atom is -0.497 e. The van der Waals surface area contributed by atoms with Crippen molar-refractivity contribution in [3.8, 4) is 45.7 Å². The minimum absolute atomic E-state index is 0.539. The predicted octanol–water partition coefficient (Wildman–Crippen LogP) is 6.61. The van der Waals surface area contributed by atoms with Crippen LogP contribution in [-0.4, -0.2) is 26.3 Å². The molecule has 0 spiro atoms. The van der Waals surface area contributed by atoms with Crippen molar-refractivity contribution in [3.63, 3.8) is 0 Å². The zero-order valence-corrected chi connectivity index (χ0v) is 20.1. The van der Waals surface area contributed by atoms with Gasteiger partial charge in [0.15, 0.2) is 0 Å². The molecule has 1 heterocycles. The number of methoxy groups -OCH3 is 3. The highest BCUT2D eigenvalue weighted by atomic mass is 32.2. The van der Waals surface area contributed by atoms with Gasteiger partial charge in [-0.15, -0.1) is 11.8 Å². The number of nitriles is 1. The van der Waals surface area contributed by atoms with Crippen molar-refractivity contribution in [2.75, 3.05) is 21.3 Å². The molecule has 5 nitrogen and oxygen atoms in total. The molecule has 0 saturated heterocycles. The van der Waals surface area contributed by atoms with Crippen molar-refractivity contribution in [1.29, 1.82) is 5.26 Å². The second kappa shape index (κ2) is 10.8. The molecule has 3 aromatic carbocycles. The molecular formula is C28H24N2O3S. The summed E-state index contributed by atoms with van der Waals surface area (Å²) in [7, 11) is 4.89. The van der Waals surface area contributed by atoms with Gasteiger partial charge in [0, 0.05) is 16.9 Å². The van der Waals surface area contributed by atoms with Gasteiger partial charge in [-0.3, -0.25) is 0 Å². The summed E-state index contributed by atoms with van der Waals surface area (Å²) < 4.78 is 16.4. The third kappa shape index (κ3) is 5.00. The molecule has 170 valence electrons. The third-order valence-corrected chi connectivity index (χ3v) is 6.45. The van der Waals surface area contributed by atoms with E-state index in [-0.39, 0.29) is 0 Å². The summed E-state index contributed by atoms with van der Waals surface area (Å²) in [5, 5.41) is 10.8. The molecule has 0 bridgehead atoms. The molecule has 0 atom stereocenters. The van der Waals surface area contributed by atoms with E-state index in [4.69, 9.17) is 19.2 Å². The highest BCUT2D eigenvalue weighted by Gasteiger charge is 2.18. The van der Waals surface area contributed by atoms with Crippen LogP contribution in [0.5, 0.6) is 17.2 Å². The Morgan fingerprint density at radius 2 is 1.50 bits per heavy atom. The van der Waals surface area contributed by atoms with Gasteiger partial charge in [-0.2, -0.15) is 5.26 Å². The summed E-state index contributed by atoms with van der Waals surface area (Å²) in [5.41, 5.74) is 4.91. The van der Waals surface area contributed by atoms with E-state index in [0.29, 0.717) is 33.5 Å². The van der Waals surface area contributed by atoms with Gasteiger partial charge in [0.2, 0.25) is 0 Å². The molecule has 0 amide bonds. The second-order valence-corrected chi connectivity index (χ2v) is 8.38. The lowest BCUT2D eigenvalue weighted by molar-refractivity contribution is 0.404. The maximum atomic E-state index is 10.1. The average Bonchev–Trinajstić information content (AvgIpc) is 2.91. The molecule has 34 heavy (non-hydrogen) atoms. The number of thioether (sulfide) groups is 1. The number of aromatic nitrogens is 1. The summed E-state index contributed by atoms with van der Waals surface area (Å²) in [6.45, 7) is 0. The first-order valence-corrected chi connectivity index (χ1v) is 11.6. The fourth-order valence-corrected chi connectivity index (χ4v) is 4.57. The van der Waals surface area contributed by atoms with Crippen LogP contribution in [0.25, 0.3) is 22.4 Å². The van der Waals surface area contributed by atoms with Crippen LogP contribution in [0.2, 0.25) is 0 Å². The van der Waals surface area contributed by atoms with Crippen molar-refractivity contribution in [3.05, 3.63) is 90.0 Å². The first-order valence-electron chi connectivity index (χ1n) is 10.7. The van der Waals surface area contributed by atoms with Crippen LogP contribution in [0.3, 0.4) is 0 Å². The highest BCUT2D eigenvalue weighted by Crippen LogP contribution is 2.39. The molecule has 0 saturated carbocycles. The maximum absolute atomic E-state index is 10.1. The van der Waals surface area contributed by atoms with Crippen LogP contribution < -0.4 is 14.2 Å². The van der Waals surface area contributed by atoms with Gasteiger partial charge in [-0.05, 0) is 47.5 Å². The van der Waals surface area contributed by atoms with Crippen LogP contribution in [0.4, 0.5) is 0 Å². The molecule has 6 heteroatoms. The lowest BCUT2D eigenvalue weighted by atomic mass is 9.98. The monoisotopic (exact) mass is 468 g/mol. The van der Waals surface area contributed by atoms with Crippen LogP contribution in [0.15, 0.2) is 83.9 Å². The lowest BCUT2D eigenvalue weighted by Gasteiger charge is -2.15. The third-order valence-electron chi connectivity index (χ3n) is 5.40. The topological polar surface area (TPSA) is 64.4 Å². The molecule has 0 fully saturated rings. The maximum Gasteiger partial charge on any atom is 0.128 e. The van der Waals surface area contributed by atoms with Crippen LogP contribution in [0, 0.1) is 11.3 Å². The van der Waals surface area contributed by atoms with E-state index in [1.165, 1.54) is 0 Å². The fourth-order valence-electron chi connectivity index (χ4n) is 3.61. The smallest absolute Gasteiger partial charge is 0.128 e. The molecule has 0 aliphatic carbocycles. The molecule has 4 rings (SSSR count). The van der Waals surface area contributed by atoms with E-state index in [0.717, 1.165) is 28.0 Å². The number of nitrogens with zero attached hydrogens (tertiary/aromatic N) is 2. The Morgan fingerprint density at radius 1 is 0.794 bits per heavy atom. The standard InChI is InChI=1S/C28H24N2O3S/c1-31-21-11-9-20(10-12-21)23-16-26(24-15-22(32-2)13-14-27(24)33-3)30-28(25(23)17-29)34-18-19-7-5-4-6-8-19/h4-16H,18H2,1-3H3. The van der Waals surface area contributed by atoms with Crippen molar-refractivity contribution in [2.45, 2.75) is 10.8 Å². The van der Waals surface area contributed by atoms with Gasteiger partial charge in [0.05, 0.1) is 32.6 Å². The number of benzene rings is 3. The Hall–Kier alpha value is -3.95. The molecule has 4 aromatic rings. The molecule has 0 unspecified atom stereocenters. The zero-order valence-electron chi connectivity index (χ0n) is 19.2. The number of hydrogen-bond donors (Lipinski definition) is 0. The first-order chi connectivity index (χ1) is 16.7. The van der Waals surface area contributed by atoms with Crippen molar-refractivity contribution in [2.24, 2.45) is 0 Å². The Labute approximate surface area is 204 Å². The van der Waals surface area contributed by atoms with Gasteiger partial charge in [0.1, 0.15) is 28.3 Å². The summed E-state index contributed by atoms with van der Waals surface area (Å²) in [4.78, 5) is 4.91. The van der Waals surface area contributed by atoms with Crippen molar-refractivity contribution in [1.82, 2.24) is 4.98 Å². The second-order valence-electron chi connectivity index (χ2n) is 7.42. The zero-order chi connectivity index (χ0) is 23.9. The van der Waals surface area contributed by atoms with E-state index in [9.17, 15) is 5.26 Å². The molecule has 1 aromatic heterocycles. The van der Waals surface area contributed by atoms with E-state index >= 15 is 0 Å². The number of rotatable bonds is 8. The van der Waals surface area contributed by atoms with Gasteiger partial charge in [-0.25, -0.2) is 4.98 Å². The molecule has 0 aliphatic rings. The highest BCUT2D eigenvalue weighted by molar-refractivity contribution is 7.98. The van der Waals surface area contributed by atoms with Crippen LogP contribution in [0.1, 0.15) is 11.1 Å². The Balaban J connectivity index is 1.88. The Bertz CT molecular complexity index is 1320. The Morgan fingerprint density at radius 3 is 2.15 bits per heavy atom. The van der Waals surface area contributed by atoms with Crippen molar-refractivity contribution < 1.29 is 14.2 Å². The van der Waals surface area contributed by atoms with Crippen molar-refractivity contribution >= 4 is 11.8 Å². The van der Waals surface area contributed by atoms with Crippen LogP contribution in [-0.2, 0) is 5.75 Å². The normalized spacial score (nSPS) is 10.4. The van der Waals surface area contributed by atoms with E-state index in [2.05, 4.69) is 18.2 Å². The molecule has 0 N–H and O–H groups in total. The number of pyridine rings is 1. The molecule has 0 radical (unpaired) electrons. The van der Waals surface area contributed by atoms with Crippen LogP contribution >= 0.6 is 11.8 Å². The van der Waals surface area contributed by atoms with E-state index < -0.39 is 0 Å². The summed E-state index contributed by atoms with van der Waals surface area (Å²) >= 11 is 1.54. The van der Waals surface area contributed by atoms with Gasteiger partial charge >= 0.3 is 0 Å². The van der Waals surface area contributed by atoms with Gasteiger partial charge < -0.3 is 14.2 Å². The summed E-state index contributed by atoms with van der Waals surface area (Å²) in [6, 6.07) is 27.8. The van der Waals surface area contributed by atoms with Gasteiger partial charge in [0.25, 0.3) is 0 Å². The SMILES string of the molecule is COc1ccc(-c2cc(-c3cc(OC)ccc3OC)nc(SCc3ccccc3)c2C#N)cc1. The van der Waals surface area contributed by atoms with E-state index in [1.807, 2.05) is 66.7 Å². The summed E-state index contributed by atoms with van der Waals surface area (Å²) in [6.07, 6.45) is 0. The molecule has 0 aliphatic heterocycles. The fraction of sp³-hybridized carbons (Fsp3) is 0.143. The largest absolute Gasteiger partial charge is 0.497 e. The average molecular weight is 469 g/mol. The predicted molar refractivity (Wildman–Crippen MR) is 135 cm³/mol. The summed E-state index contributed by atoms with van der Waals surface area (Å²) in [5.74, 6) is 2.83. The lowest BCUT2D eigenvalue weighted by Crippen LogP contribution is -1.98. The minimum atomic E-state index is 0.539. The molecular weight excluding hydrogens is 444 g/mol. The number of ether oxygens (including phenoxy) is 3. The van der Waals surface area contributed by atoms with Gasteiger partial charge in [-0.1, -0.05) is 42.5 Å². The first kappa shape index (κ1) is 23.2.